The monoisotopic (exact) mass is 254 g/mol. The molecule has 1 aromatic heterocycles. The van der Waals surface area contributed by atoms with Gasteiger partial charge in [-0.3, -0.25) is 4.79 Å². The molecule has 1 aromatic rings. The fourth-order valence-electron chi connectivity index (χ4n) is 1.59. The number of ether oxygens (including phenoxy) is 1. The van der Waals surface area contributed by atoms with Gasteiger partial charge in [0, 0.05) is 7.05 Å². The van der Waals surface area contributed by atoms with Gasteiger partial charge in [0.2, 0.25) is 5.91 Å². The molecule has 0 radical (unpaired) electrons. The van der Waals surface area contributed by atoms with Crippen molar-refractivity contribution < 1.29 is 18.7 Å². The van der Waals surface area contributed by atoms with Gasteiger partial charge in [-0.1, -0.05) is 0 Å². The molecule has 0 spiro atoms. The number of likely N-dealkylation sites (N-methyl/N-ethyl adjacent to an activating group) is 1. The molecule has 18 heavy (non-hydrogen) atoms. The van der Waals surface area contributed by atoms with Crippen LogP contribution in [0.5, 0.6) is 0 Å². The summed E-state index contributed by atoms with van der Waals surface area (Å²) in [6.45, 7) is 3.55. The van der Waals surface area contributed by atoms with Gasteiger partial charge in [-0.2, -0.15) is 0 Å². The van der Waals surface area contributed by atoms with Crippen LogP contribution in [0.15, 0.2) is 10.5 Å². The average molecular weight is 254 g/mol. The fraction of sp³-hybridized carbons (Fsp3) is 0.500. The maximum absolute atomic E-state index is 11.6. The van der Waals surface area contributed by atoms with Crippen molar-refractivity contribution >= 4 is 11.9 Å². The summed E-state index contributed by atoms with van der Waals surface area (Å²) >= 11 is 0. The second-order valence-corrected chi connectivity index (χ2v) is 4.16. The highest BCUT2D eigenvalue weighted by atomic mass is 16.5. The van der Waals surface area contributed by atoms with Gasteiger partial charge in [-0.25, -0.2) is 4.79 Å². The fourth-order valence-corrected chi connectivity index (χ4v) is 1.59. The largest absolute Gasteiger partial charge is 0.465 e. The molecule has 0 aliphatic heterocycles. The third kappa shape index (κ3) is 3.10. The molecule has 0 aliphatic rings. The summed E-state index contributed by atoms with van der Waals surface area (Å²) in [6.07, 6.45) is 0. The Labute approximate surface area is 106 Å². The Kier molecular flexibility index (Phi) is 4.49. The van der Waals surface area contributed by atoms with Crippen molar-refractivity contribution in [2.75, 3.05) is 14.2 Å². The summed E-state index contributed by atoms with van der Waals surface area (Å²) in [5, 5.41) is 0. The number of aryl methyl sites for hydroxylation is 1. The van der Waals surface area contributed by atoms with E-state index in [0.717, 1.165) is 0 Å². The van der Waals surface area contributed by atoms with Crippen molar-refractivity contribution in [2.24, 2.45) is 5.73 Å². The molecule has 6 heteroatoms. The van der Waals surface area contributed by atoms with Gasteiger partial charge >= 0.3 is 5.97 Å². The Balaban J connectivity index is 2.81. The zero-order chi connectivity index (χ0) is 13.9. The summed E-state index contributed by atoms with van der Waals surface area (Å²) in [7, 11) is 2.93. The number of carbonyl (C=O) groups excluding carboxylic acids is 2. The molecule has 0 saturated heterocycles. The van der Waals surface area contributed by atoms with Crippen LogP contribution in [0.25, 0.3) is 0 Å². The molecule has 1 rings (SSSR count). The van der Waals surface area contributed by atoms with Gasteiger partial charge in [-0.05, 0) is 19.9 Å². The maximum atomic E-state index is 11.6. The van der Waals surface area contributed by atoms with E-state index in [0.29, 0.717) is 17.1 Å². The van der Waals surface area contributed by atoms with E-state index in [2.05, 4.69) is 4.74 Å². The zero-order valence-electron chi connectivity index (χ0n) is 11.0. The first-order chi connectivity index (χ1) is 8.36. The summed E-state index contributed by atoms with van der Waals surface area (Å²) < 4.78 is 10.0. The molecular weight excluding hydrogens is 236 g/mol. The number of esters is 1. The van der Waals surface area contributed by atoms with Crippen molar-refractivity contribution in [3.8, 4) is 0 Å². The number of nitrogens with two attached hydrogens (primary N) is 1. The summed E-state index contributed by atoms with van der Waals surface area (Å²) in [5.74, 6) is 0.343. The van der Waals surface area contributed by atoms with E-state index < -0.39 is 12.0 Å². The van der Waals surface area contributed by atoms with Crippen molar-refractivity contribution in [1.29, 1.82) is 0 Å². The number of amides is 1. The Hall–Kier alpha value is -1.82. The first-order valence-corrected chi connectivity index (χ1v) is 5.55. The number of rotatable bonds is 4. The van der Waals surface area contributed by atoms with Crippen LogP contribution >= 0.6 is 0 Å². The van der Waals surface area contributed by atoms with Crippen molar-refractivity contribution in [2.45, 2.75) is 26.4 Å². The van der Waals surface area contributed by atoms with Gasteiger partial charge < -0.3 is 19.8 Å². The molecule has 1 atom stereocenters. The molecule has 1 unspecified atom stereocenters. The van der Waals surface area contributed by atoms with Crippen LogP contribution in [0.1, 0.15) is 28.8 Å². The lowest BCUT2D eigenvalue weighted by atomic mass is 10.2. The normalized spacial score (nSPS) is 12.1. The van der Waals surface area contributed by atoms with Gasteiger partial charge in [0.05, 0.1) is 19.7 Å². The first-order valence-electron chi connectivity index (χ1n) is 5.55. The maximum Gasteiger partial charge on any atom is 0.341 e. The van der Waals surface area contributed by atoms with E-state index in [9.17, 15) is 9.59 Å². The van der Waals surface area contributed by atoms with Crippen LogP contribution < -0.4 is 5.73 Å². The van der Waals surface area contributed by atoms with E-state index in [1.54, 1.807) is 27.0 Å². The number of nitrogens with zero attached hydrogens (tertiary/aromatic N) is 1. The predicted molar refractivity (Wildman–Crippen MR) is 64.9 cm³/mol. The molecule has 0 saturated carbocycles. The zero-order valence-corrected chi connectivity index (χ0v) is 11.0. The lowest BCUT2D eigenvalue weighted by Crippen LogP contribution is -2.39. The van der Waals surface area contributed by atoms with E-state index >= 15 is 0 Å². The molecule has 2 N–H and O–H groups in total. The van der Waals surface area contributed by atoms with Crippen LogP contribution in [-0.4, -0.2) is 37.0 Å². The smallest absolute Gasteiger partial charge is 0.341 e. The highest BCUT2D eigenvalue weighted by Gasteiger charge is 2.19. The standard InChI is InChI=1S/C12H18N2O4/c1-7(13)11(15)14(3)6-9-5-10(8(2)18-9)12(16)17-4/h5,7H,6,13H2,1-4H3. The van der Waals surface area contributed by atoms with Crippen LogP contribution in [0, 0.1) is 6.92 Å². The SMILES string of the molecule is COC(=O)c1cc(CN(C)C(=O)C(C)N)oc1C. The Morgan fingerprint density at radius 2 is 2.17 bits per heavy atom. The minimum absolute atomic E-state index is 0.191. The summed E-state index contributed by atoms with van der Waals surface area (Å²) in [5.41, 5.74) is 5.87. The summed E-state index contributed by atoms with van der Waals surface area (Å²) in [6, 6.07) is 1.01. The Bertz CT molecular complexity index is 451. The molecule has 0 aromatic carbocycles. The van der Waals surface area contributed by atoms with Gasteiger partial charge in [0.1, 0.15) is 17.1 Å². The highest BCUT2D eigenvalue weighted by molar-refractivity contribution is 5.90. The second-order valence-electron chi connectivity index (χ2n) is 4.16. The number of hydrogen-bond donors (Lipinski definition) is 1. The highest BCUT2D eigenvalue weighted by Crippen LogP contribution is 2.17. The van der Waals surface area contributed by atoms with Gasteiger partial charge in [0.25, 0.3) is 0 Å². The van der Waals surface area contributed by atoms with E-state index in [4.69, 9.17) is 10.2 Å². The average Bonchev–Trinajstić information content (AvgIpc) is 2.67. The minimum atomic E-state index is -0.564. The molecule has 1 amide bonds. The third-order valence-corrected chi connectivity index (χ3v) is 2.53. The number of hydrogen-bond acceptors (Lipinski definition) is 5. The van der Waals surface area contributed by atoms with E-state index in [1.807, 2.05) is 0 Å². The number of methoxy groups -OCH3 is 1. The second kappa shape index (κ2) is 5.68. The quantitative estimate of drug-likeness (QED) is 0.798. The Morgan fingerprint density at radius 1 is 1.56 bits per heavy atom. The van der Waals surface area contributed by atoms with Crippen molar-refractivity contribution in [1.82, 2.24) is 4.90 Å². The van der Waals surface area contributed by atoms with Crippen LogP contribution in [0.2, 0.25) is 0 Å². The van der Waals surface area contributed by atoms with Crippen LogP contribution in [0.3, 0.4) is 0 Å². The van der Waals surface area contributed by atoms with Gasteiger partial charge in [-0.15, -0.1) is 0 Å². The minimum Gasteiger partial charge on any atom is -0.465 e. The molecule has 0 fully saturated rings. The van der Waals surface area contributed by atoms with E-state index in [1.165, 1.54) is 12.0 Å². The summed E-state index contributed by atoms with van der Waals surface area (Å²) in [4.78, 5) is 24.4. The van der Waals surface area contributed by atoms with Crippen molar-refractivity contribution in [3.63, 3.8) is 0 Å². The molecular formula is C12H18N2O4. The topological polar surface area (TPSA) is 85.8 Å². The van der Waals surface area contributed by atoms with Gasteiger partial charge in [0.15, 0.2) is 0 Å². The molecule has 1 heterocycles. The molecule has 100 valence electrons. The van der Waals surface area contributed by atoms with Crippen LogP contribution in [-0.2, 0) is 16.1 Å². The Morgan fingerprint density at radius 3 is 2.67 bits per heavy atom. The molecule has 0 bridgehead atoms. The molecule has 0 aliphatic carbocycles. The first kappa shape index (κ1) is 14.2. The van der Waals surface area contributed by atoms with Crippen molar-refractivity contribution in [3.05, 3.63) is 23.2 Å². The number of carbonyl (C=O) groups is 2. The predicted octanol–water partition coefficient (Wildman–Crippen LogP) is 0.680. The van der Waals surface area contributed by atoms with E-state index in [-0.39, 0.29) is 12.5 Å². The number of furan rings is 1. The lowest BCUT2D eigenvalue weighted by Gasteiger charge is -2.17. The van der Waals surface area contributed by atoms with Crippen LogP contribution in [0.4, 0.5) is 0 Å². The third-order valence-electron chi connectivity index (χ3n) is 2.53. The molecule has 6 nitrogen and oxygen atoms in total. The lowest BCUT2D eigenvalue weighted by molar-refractivity contribution is -0.131.